The SMILES string of the molecule is CCn1cc(Br)c(C(=O)Nc2ccccc2C#N)n1. The summed E-state index contributed by atoms with van der Waals surface area (Å²) in [4.78, 5) is 12.1. The molecule has 0 saturated heterocycles. The van der Waals surface area contributed by atoms with Gasteiger partial charge in [-0.3, -0.25) is 9.48 Å². The molecule has 0 aliphatic carbocycles. The molecule has 6 heteroatoms. The van der Waals surface area contributed by atoms with Crippen molar-refractivity contribution in [1.82, 2.24) is 9.78 Å². The standard InChI is InChI=1S/C13H11BrN4O/c1-2-18-8-10(14)12(17-18)13(19)16-11-6-4-3-5-9(11)7-15/h3-6,8H,2H2,1H3,(H,16,19). The van der Waals surface area contributed by atoms with Crippen molar-refractivity contribution in [1.29, 1.82) is 5.26 Å². The Balaban J connectivity index is 2.26. The molecule has 5 nitrogen and oxygen atoms in total. The Kier molecular flexibility index (Phi) is 3.97. The van der Waals surface area contributed by atoms with Crippen molar-refractivity contribution in [2.24, 2.45) is 0 Å². The Morgan fingerprint density at radius 2 is 2.26 bits per heavy atom. The van der Waals surface area contributed by atoms with Crippen LogP contribution in [-0.4, -0.2) is 15.7 Å². The first-order valence-electron chi connectivity index (χ1n) is 5.69. The van der Waals surface area contributed by atoms with Gasteiger partial charge in [-0.1, -0.05) is 12.1 Å². The van der Waals surface area contributed by atoms with E-state index in [-0.39, 0.29) is 5.91 Å². The van der Waals surface area contributed by atoms with Crippen LogP contribution in [-0.2, 0) is 6.54 Å². The molecule has 96 valence electrons. The Hall–Kier alpha value is -2.13. The predicted octanol–water partition coefficient (Wildman–Crippen LogP) is 2.79. The summed E-state index contributed by atoms with van der Waals surface area (Å²) in [6, 6.07) is 8.87. The third kappa shape index (κ3) is 2.83. The van der Waals surface area contributed by atoms with Crippen LogP contribution in [0.4, 0.5) is 5.69 Å². The molecule has 1 aromatic carbocycles. The van der Waals surface area contributed by atoms with E-state index in [0.717, 1.165) is 0 Å². The first-order chi connectivity index (χ1) is 9.15. The van der Waals surface area contributed by atoms with E-state index in [9.17, 15) is 4.79 Å². The number of carbonyl (C=O) groups excluding carboxylic acids is 1. The molecule has 0 radical (unpaired) electrons. The lowest BCUT2D eigenvalue weighted by molar-refractivity contribution is 0.102. The van der Waals surface area contributed by atoms with Gasteiger partial charge in [-0.15, -0.1) is 0 Å². The minimum atomic E-state index is -0.346. The minimum Gasteiger partial charge on any atom is -0.319 e. The highest BCUT2D eigenvalue weighted by Gasteiger charge is 2.16. The number of amides is 1. The highest BCUT2D eigenvalue weighted by molar-refractivity contribution is 9.10. The monoisotopic (exact) mass is 318 g/mol. The lowest BCUT2D eigenvalue weighted by Crippen LogP contribution is -2.14. The first kappa shape index (κ1) is 13.3. The van der Waals surface area contributed by atoms with Crippen molar-refractivity contribution in [3.05, 3.63) is 46.2 Å². The van der Waals surface area contributed by atoms with E-state index >= 15 is 0 Å². The number of nitriles is 1. The van der Waals surface area contributed by atoms with Gasteiger partial charge in [0.15, 0.2) is 5.69 Å². The lowest BCUT2D eigenvalue weighted by atomic mass is 10.2. The van der Waals surface area contributed by atoms with Crippen LogP contribution in [0.1, 0.15) is 23.0 Å². The molecule has 0 fully saturated rings. The largest absolute Gasteiger partial charge is 0.319 e. The molecule has 0 aliphatic rings. The highest BCUT2D eigenvalue weighted by Crippen LogP contribution is 2.19. The molecule has 0 unspecified atom stereocenters. The van der Waals surface area contributed by atoms with Crippen LogP contribution >= 0.6 is 15.9 Å². The number of aromatic nitrogens is 2. The molecule has 0 bridgehead atoms. The topological polar surface area (TPSA) is 70.7 Å². The van der Waals surface area contributed by atoms with Crippen LogP contribution in [0, 0.1) is 11.3 Å². The van der Waals surface area contributed by atoms with Crippen molar-refractivity contribution < 1.29 is 4.79 Å². The van der Waals surface area contributed by atoms with Crippen LogP contribution < -0.4 is 5.32 Å². The number of carbonyl (C=O) groups is 1. The van der Waals surface area contributed by atoms with E-state index in [1.54, 1.807) is 35.1 Å². The number of rotatable bonds is 3. The van der Waals surface area contributed by atoms with E-state index in [0.29, 0.717) is 28.0 Å². The maximum Gasteiger partial charge on any atom is 0.277 e. The molecule has 1 N–H and O–H groups in total. The number of halogens is 1. The smallest absolute Gasteiger partial charge is 0.277 e. The third-order valence-electron chi connectivity index (χ3n) is 2.55. The summed E-state index contributed by atoms with van der Waals surface area (Å²) < 4.78 is 2.29. The van der Waals surface area contributed by atoms with Gasteiger partial charge in [0.25, 0.3) is 5.91 Å². The number of nitrogens with one attached hydrogen (secondary N) is 1. The number of benzene rings is 1. The molecule has 1 aromatic heterocycles. The van der Waals surface area contributed by atoms with Crippen LogP contribution in [0.2, 0.25) is 0 Å². The summed E-state index contributed by atoms with van der Waals surface area (Å²) in [5.41, 5.74) is 1.20. The second kappa shape index (κ2) is 5.67. The summed E-state index contributed by atoms with van der Waals surface area (Å²) in [6.45, 7) is 2.62. The molecular weight excluding hydrogens is 308 g/mol. The first-order valence-corrected chi connectivity index (χ1v) is 6.48. The number of anilines is 1. The maximum absolute atomic E-state index is 12.1. The summed E-state index contributed by atoms with van der Waals surface area (Å²) in [5, 5.41) is 15.8. The molecule has 0 aliphatic heterocycles. The van der Waals surface area contributed by atoms with Gasteiger partial charge < -0.3 is 5.32 Å². The second-order valence-corrected chi connectivity index (χ2v) is 4.65. The number of hydrogen-bond donors (Lipinski definition) is 1. The van der Waals surface area contributed by atoms with E-state index < -0.39 is 0 Å². The van der Waals surface area contributed by atoms with E-state index in [4.69, 9.17) is 5.26 Å². The second-order valence-electron chi connectivity index (χ2n) is 3.79. The zero-order valence-corrected chi connectivity index (χ0v) is 11.8. The van der Waals surface area contributed by atoms with Gasteiger partial charge in [-0.05, 0) is 35.0 Å². The molecule has 1 amide bonds. The van der Waals surface area contributed by atoms with Crippen LogP contribution in [0.3, 0.4) is 0 Å². The van der Waals surface area contributed by atoms with Gasteiger partial charge in [-0.2, -0.15) is 10.4 Å². The van der Waals surface area contributed by atoms with Gasteiger partial charge in [0.05, 0.1) is 15.7 Å². The van der Waals surface area contributed by atoms with Crippen molar-refractivity contribution in [2.45, 2.75) is 13.5 Å². The van der Waals surface area contributed by atoms with E-state index in [1.165, 1.54) is 0 Å². The predicted molar refractivity (Wildman–Crippen MR) is 74.7 cm³/mol. The van der Waals surface area contributed by atoms with Crippen molar-refractivity contribution in [3.8, 4) is 6.07 Å². The van der Waals surface area contributed by atoms with Gasteiger partial charge in [-0.25, -0.2) is 0 Å². The number of aryl methyl sites for hydroxylation is 1. The summed E-state index contributed by atoms with van der Waals surface area (Å²) in [6.07, 6.45) is 1.74. The fraction of sp³-hybridized carbons (Fsp3) is 0.154. The number of para-hydroxylation sites is 1. The van der Waals surface area contributed by atoms with Gasteiger partial charge >= 0.3 is 0 Å². The van der Waals surface area contributed by atoms with Crippen LogP contribution in [0.15, 0.2) is 34.9 Å². The average Bonchev–Trinajstić information content (AvgIpc) is 2.80. The molecule has 2 rings (SSSR count). The Morgan fingerprint density at radius 1 is 1.53 bits per heavy atom. The zero-order valence-electron chi connectivity index (χ0n) is 10.2. The molecule has 0 spiro atoms. The Morgan fingerprint density at radius 3 is 2.89 bits per heavy atom. The number of nitrogens with zero attached hydrogens (tertiary/aromatic N) is 3. The summed E-state index contributed by atoms with van der Waals surface area (Å²) >= 11 is 3.30. The van der Waals surface area contributed by atoms with E-state index in [2.05, 4.69) is 26.3 Å². The van der Waals surface area contributed by atoms with Crippen LogP contribution in [0.25, 0.3) is 0 Å². The van der Waals surface area contributed by atoms with Gasteiger partial charge in [0.2, 0.25) is 0 Å². The Labute approximate surface area is 119 Å². The minimum absolute atomic E-state index is 0.301. The fourth-order valence-electron chi connectivity index (χ4n) is 1.58. The van der Waals surface area contributed by atoms with Crippen LogP contribution in [0.5, 0.6) is 0 Å². The van der Waals surface area contributed by atoms with Crippen molar-refractivity contribution in [3.63, 3.8) is 0 Å². The van der Waals surface area contributed by atoms with Crippen molar-refractivity contribution in [2.75, 3.05) is 5.32 Å². The lowest BCUT2D eigenvalue weighted by Gasteiger charge is -2.05. The molecule has 19 heavy (non-hydrogen) atoms. The van der Waals surface area contributed by atoms with Gasteiger partial charge in [0, 0.05) is 12.7 Å². The Bertz CT molecular complexity index is 657. The fourth-order valence-corrected chi connectivity index (χ4v) is 2.08. The normalized spacial score (nSPS) is 9.95. The van der Waals surface area contributed by atoms with Gasteiger partial charge in [0.1, 0.15) is 6.07 Å². The van der Waals surface area contributed by atoms with E-state index in [1.807, 2.05) is 13.0 Å². The number of hydrogen-bond acceptors (Lipinski definition) is 3. The van der Waals surface area contributed by atoms with Crippen molar-refractivity contribution >= 4 is 27.5 Å². The molecule has 0 atom stereocenters. The third-order valence-corrected chi connectivity index (χ3v) is 3.13. The quantitative estimate of drug-likeness (QED) is 0.945. The average molecular weight is 319 g/mol. The highest BCUT2D eigenvalue weighted by atomic mass is 79.9. The zero-order chi connectivity index (χ0) is 13.8. The molecular formula is C13H11BrN4O. The summed E-state index contributed by atoms with van der Waals surface area (Å²) in [7, 11) is 0. The summed E-state index contributed by atoms with van der Waals surface area (Å²) in [5.74, 6) is -0.346. The maximum atomic E-state index is 12.1. The molecule has 2 aromatic rings. The molecule has 1 heterocycles. The molecule has 0 saturated carbocycles.